The third kappa shape index (κ3) is 3.47. The summed E-state index contributed by atoms with van der Waals surface area (Å²) < 4.78 is 13.7. The second-order valence-corrected chi connectivity index (χ2v) is 6.34. The fraction of sp³-hybridized carbons (Fsp3) is 0.130. The van der Waals surface area contributed by atoms with E-state index in [4.69, 9.17) is 4.99 Å². The molecule has 2 heterocycles. The molecular weight excluding hydrogens is 323 g/mol. The predicted molar refractivity (Wildman–Crippen MR) is 105 cm³/mol. The molecule has 0 radical (unpaired) electrons. The first-order valence-electron chi connectivity index (χ1n) is 8.82. The first-order chi connectivity index (χ1) is 12.8. The van der Waals surface area contributed by atoms with E-state index in [1.807, 2.05) is 42.6 Å². The van der Waals surface area contributed by atoms with Crippen LogP contribution >= 0.6 is 0 Å². The molecule has 0 unspecified atom stereocenters. The molecule has 2 nitrogen and oxygen atoms in total. The maximum absolute atomic E-state index is 13.7. The minimum absolute atomic E-state index is 0.222. The number of nitrogens with zero attached hydrogens (tertiary/aromatic N) is 2. The van der Waals surface area contributed by atoms with Crippen LogP contribution in [0.5, 0.6) is 0 Å². The number of aromatic nitrogens is 1. The van der Waals surface area contributed by atoms with Crippen molar-refractivity contribution in [1.29, 1.82) is 0 Å². The lowest BCUT2D eigenvalue weighted by atomic mass is 9.92. The molecule has 3 aromatic rings. The molecule has 0 spiro atoms. The first kappa shape index (κ1) is 16.4. The van der Waals surface area contributed by atoms with Gasteiger partial charge in [0.25, 0.3) is 0 Å². The average molecular weight is 342 g/mol. The highest BCUT2D eigenvalue weighted by molar-refractivity contribution is 6.15. The standard InChI is InChI=1S/C23H19FN2/c24-21-10-3-7-18(15-21)22-11-2-1-6-17(22)14-19-8-5-13-26-23(19)20-9-4-12-25-16-20/h1-4,6-7,9-12,14-16H,5,8,13H2/b19-14-. The highest BCUT2D eigenvalue weighted by atomic mass is 19.1. The number of hydrogen-bond donors (Lipinski definition) is 0. The van der Waals surface area contributed by atoms with E-state index in [0.717, 1.165) is 47.4 Å². The van der Waals surface area contributed by atoms with E-state index in [-0.39, 0.29) is 5.82 Å². The molecule has 128 valence electrons. The molecule has 0 atom stereocenters. The topological polar surface area (TPSA) is 25.2 Å². The Labute approximate surface area is 152 Å². The Morgan fingerprint density at radius 3 is 2.65 bits per heavy atom. The minimum Gasteiger partial charge on any atom is -0.284 e. The van der Waals surface area contributed by atoms with Gasteiger partial charge in [0.2, 0.25) is 0 Å². The van der Waals surface area contributed by atoms with Crippen molar-refractivity contribution in [3.63, 3.8) is 0 Å². The van der Waals surface area contributed by atoms with E-state index >= 15 is 0 Å². The zero-order valence-corrected chi connectivity index (χ0v) is 14.4. The third-order valence-electron chi connectivity index (χ3n) is 4.54. The lowest BCUT2D eigenvalue weighted by Crippen LogP contribution is -2.12. The van der Waals surface area contributed by atoms with E-state index in [1.165, 1.54) is 11.6 Å². The summed E-state index contributed by atoms with van der Waals surface area (Å²) >= 11 is 0. The van der Waals surface area contributed by atoms with E-state index in [9.17, 15) is 4.39 Å². The Morgan fingerprint density at radius 1 is 0.923 bits per heavy atom. The van der Waals surface area contributed by atoms with Gasteiger partial charge < -0.3 is 0 Å². The van der Waals surface area contributed by atoms with Crippen LogP contribution in [0.3, 0.4) is 0 Å². The Kier molecular flexibility index (Phi) is 4.69. The maximum Gasteiger partial charge on any atom is 0.123 e. The second kappa shape index (κ2) is 7.44. The van der Waals surface area contributed by atoms with Crippen molar-refractivity contribution >= 4 is 11.8 Å². The van der Waals surface area contributed by atoms with Crippen LogP contribution in [0.4, 0.5) is 4.39 Å². The molecule has 2 aromatic carbocycles. The SMILES string of the molecule is Fc1cccc(-c2ccccc2/C=C2/CCCN=C2c2cccnc2)c1. The van der Waals surface area contributed by atoms with Gasteiger partial charge in [0, 0.05) is 24.5 Å². The van der Waals surface area contributed by atoms with Crippen LogP contribution in [-0.4, -0.2) is 17.2 Å². The minimum atomic E-state index is -0.222. The molecule has 0 aliphatic carbocycles. The van der Waals surface area contributed by atoms with Crippen molar-refractivity contribution in [2.24, 2.45) is 4.99 Å². The number of aliphatic imine (C=N–C) groups is 1. The van der Waals surface area contributed by atoms with Crippen molar-refractivity contribution in [1.82, 2.24) is 4.98 Å². The Bertz CT molecular complexity index is 974. The monoisotopic (exact) mass is 342 g/mol. The fourth-order valence-electron chi connectivity index (χ4n) is 3.33. The summed E-state index contributed by atoms with van der Waals surface area (Å²) in [5.74, 6) is -0.222. The molecule has 0 saturated heterocycles. The van der Waals surface area contributed by atoms with Crippen LogP contribution in [-0.2, 0) is 0 Å². The second-order valence-electron chi connectivity index (χ2n) is 6.34. The summed E-state index contributed by atoms with van der Waals surface area (Å²) in [4.78, 5) is 8.97. The largest absolute Gasteiger partial charge is 0.284 e. The summed E-state index contributed by atoms with van der Waals surface area (Å²) in [6.07, 6.45) is 7.83. The van der Waals surface area contributed by atoms with Crippen molar-refractivity contribution in [3.05, 3.63) is 95.6 Å². The highest BCUT2D eigenvalue weighted by Crippen LogP contribution is 2.29. The zero-order chi connectivity index (χ0) is 17.8. The third-order valence-corrected chi connectivity index (χ3v) is 4.54. The molecule has 26 heavy (non-hydrogen) atoms. The number of allylic oxidation sites excluding steroid dienone is 1. The number of pyridine rings is 1. The number of rotatable bonds is 3. The molecule has 4 rings (SSSR count). The van der Waals surface area contributed by atoms with Crippen molar-refractivity contribution in [2.45, 2.75) is 12.8 Å². The summed E-state index contributed by atoms with van der Waals surface area (Å²) in [5.41, 5.74) is 6.24. The van der Waals surface area contributed by atoms with Gasteiger partial charge >= 0.3 is 0 Å². The van der Waals surface area contributed by atoms with Crippen LogP contribution in [0.15, 0.2) is 83.6 Å². The van der Waals surface area contributed by atoms with Gasteiger partial charge in [0.15, 0.2) is 0 Å². The highest BCUT2D eigenvalue weighted by Gasteiger charge is 2.15. The van der Waals surface area contributed by atoms with Gasteiger partial charge in [-0.05, 0) is 65.4 Å². The smallest absolute Gasteiger partial charge is 0.123 e. The van der Waals surface area contributed by atoms with Crippen molar-refractivity contribution < 1.29 is 4.39 Å². The molecule has 1 aliphatic rings. The normalized spacial score (nSPS) is 15.7. The Balaban J connectivity index is 1.79. The Morgan fingerprint density at radius 2 is 1.81 bits per heavy atom. The van der Waals surface area contributed by atoms with Crippen LogP contribution in [0.2, 0.25) is 0 Å². The lowest BCUT2D eigenvalue weighted by Gasteiger charge is -2.17. The molecule has 0 saturated carbocycles. The number of halogens is 1. The van der Waals surface area contributed by atoms with Crippen LogP contribution in [0, 0.1) is 5.82 Å². The molecule has 0 bridgehead atoms. The summed E-state index contributed by atoms with van der Waals surface area (Å²) in [6, 6.07) is 18.8. The van der Waals surface area contributed by atoms with Gasteiger partial charge in [-0.15, -0.1) is 0 Å². The fourth-order valence-corrected chi connectivity index (χ4v) is 3.33. The number of hydrogen-bond acceptors (Lipinski definition) is 2. The van der Waals surface area contributed by atoms with E-state index in [2.05, 4.69) is 17.1 Å². The molecule has 0 N–H and O–H groups in total. The molecular formula is C23H19FN2. The molecule has 0 amide bonds. The van der Waals surface area contributed by atoms with Gasteiger partial charge in [0.05, 0.1) is 5.71 Å². The van der Waals surface area contributed by atoms with Crippen molar-refractivity contribution in [3.8, 4) is 11.1 Å². The molecule has 3 heteroatoms. The van der Waals surface area contributed by atoms with E-state index in [0.29, 0.717) is 0 Å². The van der Waals surface area contributed by atoms with Crippen LogP contribution in [0.1, 0.15) is 24.0 Å². The summed E-state index contributed by atoms with van der Waals surface area (Å²) in [5, 5.41) is 0. The quantitative estimate of drug-likeness (QED) is 0.612. The zero-order valence-electron chi connectivity index (χ0n) is 14.4. The van der Waals surface area contributed by atoms with Crippen LogP contribution in [0.25, 0.3) is 17.2 Å². The summed E-state index contributed by atoms with van der Waals surface area (Å²) in [7, 11) is 0. The van der Waals surface area contributed by atoms with Gasteiger partial charge in [-0.1, -0.05) is 36.4 Å². The Hall–Kier alpha value is -3.07. The maximum atomic E-state index is 13.7. The van der Waals surface area contributed by atoms with E-state index in [1.54, 1.807) is 18.3 Å². The molecule has 0 fully saturated rings. The van der Waals surface area contributed by atoms with Crippen molar-refractivity contribution in [2.75, 3.05) is 6.54 Å². The molecule has 1 aliphatic heterocycles. The van der Waals surface area contributed by atoms with E-state index < -0.39 is 0 Å². The van der Waals surface area contributed by atoms with Gasteiger partial charge in [-0.3, -0.25) is 9.98 Å². The predicted octanol–water partition coefficient (Wildman–Crippen LogP) is 5.55. The first-order valence-corrected chi connectivity index (χ1v) is 8.82. The van der Waals surface area contributed by atoms with Gasteiger partial charge in [0.1, 0.15) is 5.82 Å². The summed E-state index contributed by atoms with van der Waals surface area (Å²) in [6.45, 7) is 0.840. The molecule has 1 aromatic heterocycles. The van der Waals surface area contributed by atoms with Gasteiger partial charge in [-0.2, -0.15) is 0 Å². The van der Waals surface area contributed by atoms with Crippen LogP contribution < -0.4 is 0 Å². The van der Waals surface area contributed by atoms with Gasteiger partial charge in [-0.25, -0.2) is 4.39 Å². The average Bonchev–Trinajstić information content (AvgIpc) is 2.69. The number of benzene rings is 2. The lowest BCUT2D eigenvalue weighted by molar-refractivity contribution is 0.628.